The van der Waals surface area contributed by atoms with E-state index >= 15 is 0 Å². The molecule has 114 valence electrons. The highest BCUT2D eigenvalue weighted by Gasteiger charge is 2.18. The zero-order valence-corrected chi connectivity index (χ0v) is 12.0. The molecule has 1 aromatic carbocycles. The summed E-state index contributed by atoms with van der Waals surface area (Å²) < 4.78 is 12.7. The highest BCUT2D eigenvalue weighted by molar-refractivity contribution is 5.94. The Labute approximate surface area is 127 Å². The molecule has 0 saturated heterocycles. The number of hydrogen-bond acceptors (Lipinski definition) is 5. The van der Waals surface area contributed by atoms with E-state index in [1.165, 1.54) is 0 Å². The summed E-state index contributed by atoms with van der Waals surface area (Å²) in [6.07, 6.45) is 2.81. The molecule has 0 fully saturated rings. The average Bonchev–Trinajstić information content (AvgIpc) is 3.23. The number of carbonyl (C=O) groups is 1. The van der Waals surface area contributed by atoms with Crippen molar-refractivity contribution in [2.45, 2.75) is 25.8 Å². The van der Waals surface area contributed by atoms with Gasteiger partial charge in [-0.05, 0) is 24.6 Å². The van der Waals surface area contributed by atoms with E-state index in [1.54, 1.807) is 18.2 Å². The minimum absolute atomic E-state index is 0.125. The number of hydrogen-bond donors (Lipinski definition) is 1. The summed E-state index contributed by atoms with van der Waals surface area (Å²) in [6, 6.07) is 5.19. The van der Waals surface area contributed by atoms with Gasteiger partial charge < -0.3 is 19.4 Å². The van der Waals surface area contributed by atoms with Crippen molar-refractivity contribution in [3.8, 4) is 11.5 Å². The van der Waals surface area contributed by atoms with Crippen LogP contribution in [0.5, 0.6) is 11.5 Å². The maximum atomic E-state index is 12.2. The fourth-order valence-corrected chi connectivity index (χ4v) is 2.82. The Kier molecular flexibility index (Phi) is 3.17. The molecule has 0 unspecified atom stereocenters. The summed E-state index contributed by atoms with van der Waals surface area (Å²) in [5, 5.41) is 11.2. The third kappa shape index (κ3) is 2.28. The monoisotopic (exact) mass is 300 g/mol. The van der Waals surface area contributed by atoms with Crippen LogP contribution in [0.15, 0.2) is 18.2 Å². The predicted octanol–water partition coefficient (Wildman–Crippen LogP) is 0.925. The zero-order chi connectivity index (χ0) is 14.9. The van der Waals surface area contributed by atoms with Crippen LogP contribution in [-0.4, -0.2) is 34.0 Å². The Morgan fingerprint density at radius 3 is 3.14 bits per heavy atom. The lowest BCUT2D eigenvalue weighted by Crippen LogP contribution is -2.26. The second-order valence-corrected chi connectivity index (χ2v) is 5.36. The van der Waals surface area contributed by atoms with Crippen molar-refractivity contribution in [2.75, 3.05) is 13.3 Å². The van der Waals surface area contributed by atoms with Crippen molar-refractivity contribution >= 4 is 5.91 Å². The fraction of sp³-hybridized carbons (Fsp3) is 0.400. The van der Waals surface area contributed by atoms with Gasteiger partial charge in [-0.1, -0.05) is 0 Å². The zero-order valence-electron chi connectivity index (χ0n) is 12.0. The van der Waals surface area contributed by atoms with E-state index < -0.39 is 0 Å². The first-order valence-corrected chi connectivity index (χ1v) is 7.40. The molecule has 0 spiro atoms. The molecular weight excluding hydrogens is 284 g/mol. The van der Waals surface area contributed by atoms with E-state index in [2.05, 4.69) is 20.1 Å². The van der Waals surface area contributed by atoms with Gasteiger partial charge in [-0.3, -0.25) is 4.79 Å². The lowest BCUT2D eigenvalue weighted by Gasteiger charge is -2.06. The molecule has 22 heavy (non-hydrogen) atoms. The van der Waals surface area contributed by atoms with Gasteiger partial charge >= 0.3 is 0 Å². The topological polar surface area (TPSA) is 78.3 Å². The largest absolute Gasteiger partial charge is 0.454 e. The Balaban J connectivity index is 1.36. The standard InChI is InChI=1S/C15H16N4O3/c20-15(10-3-4-11-12(8-10)22-9-21-11)16-6-5-14-18-17-13-2-1-7-19(13)14/h3-4,8H,1-2,5-7,9H2,(H,16,20). The number of ether oxygens (including phenoxy) is 2. The normalized spacial score (nSPS) is 14.9. The number of carbonyl (C=O) groups excluding carboxylic acids is 1. The Morgan fingerprint density at radius 1 is 1.27 bits per heavy atom. The van der Waals surface area contributed by atoms with Gasteiger partial charge in [-0.15, -0.1) is 10.2 Å². The fourth-order valence-electron chi connectivity index (χ4n) is 2.82. The van der Waals surface area contributed by atoms with Crippen molar-refractivity contribution in [3.05, 3.63) is 35.4 Å². The summed E-state index contributed by atoms with van der Waals surface area (Å²) in [5.41, 5.74) is 0.565. The van der Waals surface area contributed by atoms with Crippen LogP contribution in [0, 0.1) is 0 Å². The highest BCUT2D eigenvalue weighted by Crippen LogP contribution is 2.32. The Morgan fingerprint density at radius 2 is 2.18 bits per heavy atom. The quantitative estimate of drug-likeness (QED) is 0.908. The molecule has 3 heterocycles. The highest BCUT2D eigenvalue weighted by atomic mass is 16.7. The second-order valence-electron chi connectivity index (χ2n) is 5.36. The van der Waals surface area contributed by atoms with Crippen LogP contribution >= 0.6 is 0 Å². The van der Waals surface area contributed by atoms with E-state index in [1.807, 2.05) is 0 Å². The number of nitrogens with zero attached hydrogens (tertiary/aromatic N) is 3. The lowest BCUT2D eigenvalue weighted by molar-refractivity contribution is 0.0953. The molecule has 0 saturated carbocycles. The average molecular weight is 300 g/mol. The number of rotatable bonds is 4. The maximum Gasteiger partial charge on any atom is 0.251 e. The van der Waals surface area contributed by atoms with Crippen LogP contribution in [0.1, 0.15) is 28.4 Å². The van der Waals surface area contributed by atoms with Crippen LogP contribution < -0.4 is 14.8 Å². The van der Waals surface area contributed by atoms with Crippen LogP contribution in [0.4, 0.5) is 0 Å². The van der Waals surface area contributed by atoms with Gasteiger partial charge in [-0.25, -0.2) is 0 Å². The molecule has 1 N–H and O–H groups in total. The summed E-state index contributed by atoms with van der Waals surface area (Å²) >= 11 is 0. The molecule has 0 aliphatic carbocycles. The van der Waals surface area contributed by atoms with Crippen molar-refractivity contribution < 1.29 is 14.3 Å². The molecule has 2 aliphatic heterocycles. The summed E-state index contributed by atoms with van der Waals surface area (Å²) in [4.78, 5) is 12.2. The van der Waals surface area contributed by atoms with Crippen molar-refractivity contribution in [1.29, 1.82) is 0 Å². The SMILES string of the molecule is O=C(NCCc1nnc2n1CCC2)c1ccc2c(c1)OCO2. The van der Waals surface area contributed by atoms with E-state index in [0.29, 0.717) is 30.0 Å². The van der Waals surface area contributed by atoms with Gasteiger partial charge in [0.1, 0.15) is 11.6 Å². The molecular formula is C15H16N4O3. The lowest BCUT2D eigenvalue weighted by atomic mass is 10.2. The Hall–Kier alpha value is -2.57. The van der Waals surface area contributed by atoms with E-state index in [-0.39, 0.29) is 12.7 Å². The molecule has 7 nitrogen and oxygen atoms in total. The van der Waals surface area contributed by atoms with Gasteiger partial charge in [0.05, 0.1) is 0 Å². The smallest absolute Gasteiger partial charge is 0.251 e. The van der Waals surface area contributed by atoms with Crippen molar-refractivity contribution in [3.63, 3.8) is 0 Å². The first-order valence-electron chi connectivity index (χ1n) is 7.40. The third-order valence-corrected chi connectivity index (χ3v) is 3.96. The van der Waals surface area contributed by atoms with E-state index in [0.717, 1.165) is 31.0 Å². The number of aryl methyl sites for hydroxylation is 1. The number of nitrogens with one attached hydrogen (secondary N) is 1. The van der Waals surface area contributed by atoms with Crippen LogP contribution in [0.25, 0.3) is 0 Å². The number of amides is 1. The summed E-state index contributed by atoms with van der Waals surface area (Å²) in [7, 11) is 0. The van der Waals surface area contributed by atoms with Crippen LogP contribution in [-0.2, 0) is 19.4 Å². The molecule has 2 aliphatic rings. The van der Waals surface area contributed by atoms with Crippen molar-refractivity contribution in [1.82, 2.24) is 20.1 Å². The summed E-state index contributed by atoms with van der Waals surface area (Å²) in [6.45, 7) is 1.72. The summed E-state index contributed by atoms with van der Waals surface area (Å²) in [5.74, 6) is 3.16. The second kappa shape index (κ2) is 5.32. The molecule has 0 bridgehead atoms. The van der Waals surface area contributed by atoms with E-state index in [4.69, 9.17) is 9.47 Å². The molecule has 0 radical (unpaired) electrons. The Bertz CT molecular complexity index is 726. The number of fused-ring (bicyclic) bond motifs is 2. The molecule has 7 heteroatoms. The van der Waals surface area contributed by atoms with Gasteiger partial charge in [0.25, 0.3) is 5.91 Å². The molecule has 1 aromatic heterocycles. The third-order valence-electron chi connectivity index (χ3n) is 3.96. The first kappa shape index (κ1) is 13.1. The minimum atomic E-state index is -0.125. The van der Waals surface area contributed by atoms with E-state index in [9.17, 15) is 4.79 Å². The maximum absolute atomic E-state index is 12.2. The number of benzene rings is 1. The van der Waals surface area contributed by atoms with Gasteiger partial charge in [0, 0.05) is 31.5 Å². The molecule has 2 aromatic rings. The van der Waals surface area contributed by atoms with Crippen LogP contribution in [0.3, 0.4) is 0 Å². The van der Waals surface area contributed by atoms with Gasteiger partial charge in [-0.2, -0.15) is 0 Å². The van der Waals surface area contributed by atoms with Gasteiger partial charge in [0.15, 0.2) is 11.5 Å². The minimum Gasteiger partial charge on any atom is -0.454 e. The molecule has 4 rings (SSSR count). The van der Waals surface area contributed by atoms with Gasteiger partial charge in [0.2, 0.25) is 6.79 Å². The molecule has 0 atom stereocenters. The first-order chi connectivity index (χ1) is 10.8. The number of aromatic nitrogens is 3. The van der Waals surface area contributed by atoms with Crippen LogP contribution in [0.2, 0.25) is 0 Å². The van der Waals surface area contributed by atoms with Crippen molar-refractivity contribution in [2.24, 2.45) is 0 Å². The molecule has 1 amide bonds. The predicted molar refractivity (Wildman–Crippen MR) is 76.9 cm³/mol.